The molecule has 5 heteroatoms. The zero-order valence-corrected chi connectivity index (χ0v) is 14.5. The van der Waals surface area contributed by atoms with Crippen LogP contribution < -0.4 is 15.4 Å². The third-order valence-corrected chi connectivity index (χ3v) is 4.37. The van der Waals surface area contributed by atoms with Crippen LogP contribution in [0.25, 0.3) is 0 Å². The summed E-state index contributed by atoms with van der Waals surface area (Å²) in [6.07, 6.45) is 2.90. The fourth-order valence-corrected chi connectivity index (χ4v) is 2.65. The highest BCUT2D eigenvalue weighted by molar-refractivity contribution is 5.74. The maximum atomic E-state index is 12.1. The van der Waals surface area contributed by atoms with Gasteiger partial charge < -0.3 is 20.3 Å². The van der Waals surface area contributed by atoms with Gasteiger partial charge in [-0.1, -0.05) is 18.2 Å². The summed E-state index contributed by atoms with van der Waals surface area (Å²) in [4.78, 5) is 14.4. The molecule has 2 amide bonds. The lowest BCUT2D eigenvalue weighted by Gasteiger charge is -2.26. The number of hydrogen-bond acceptors (Lipinski definition) is 3. The number of urea groups is 1. The number of rotatable bonds is 7. The lowest BCUT2D eigenvalue weighted by atomic mass is 10.0. The Labute approximate surface area is 139 Å². The minimum Gasteiger partial charge on any atom is -0.493 e. The van der Waals surface area contributed by atoms with Gasteiger partial charge in [0.1, 0.15) is 5.75 Å². The molecule has 1 aromatic rings. The largest absolute Gasteiger partial charge is 0.493 e. The first-order chi connectivity index (χ1) is 11.1. The second kappa shape index (κ2) is 8.77. The Morgan fingerprint density at radius 2 is 2.13 bits per heavy atom. The molecule has 5 nitrogen and oxygen atoms in total. The first-order valence-corrected chi connectivity index (χ1v) is 8.54. The van der Waals surface area contributed by atoms with Crippen molar-refractivity contribution in [2.45, 2.75) is 45.2 Å². The quantitative estimate of drug-likeness (QED) is 0.760. The number of hydrogen-bond donors (Lipinski definition) is 2. The van der Waals surface area contributed by atoms with Crippen LogP contribution in [-0.4, -0.2) is 43.7 Å². The van der Waals surface area contributed by atoms with Crippen LogP contribution in [0.15, 0.2) is 24.3 Å². The standard InChI is InChI=1S/C18H29N3O2/c1-14(2)21(3)12-7-6-11-19-18(22)20-16-10-13-23-17-9-5-4-8-15(16)17/h4-5,8-9,14,16H,6-7,10-13H2,1-3H3,(H2,19,20,22). The summed E-state index contributed by atoms with van der Waals surface area (Å²) in [5.41, 5.74) is 1.06. The molecule has 1 aromatic carbocycles. The summed E-state index contributed by atoms with van der Waals surface area (Å²) in [6.45, 7) is 6.80. The van der Waals surface area contributed by atoms with E-state index >= 15 is 0 Å². The molecule has 1 unspecified atom stereocenters. The van der Waals surface area contributed by atoms with Crippen molar-refractivity contribution in [1.82, 2.24) is 15.5 Å². The van der Waals surface area contributed by atoms with Crippen LogP contribution >= 0.6 is 0 Å². The van der Waals surface area contributed by atoms with Gasteiger partial charge in [-0.2, -0.15) is 0 Å². The zero-order chi connectivity index (χ0) is 16.7. The SMILES string of the molecule is CC(C)N(C)CCCCNC(=O)NC1CCOc2ccccc21. The maximum absolute atomic E-state index is 12.1. The van der Waals surface area contributed by atoms with Crippen molar-refractivity contribution in [3.63, 3.8) is 0 Å². The molecule has 1 aliphatic rings. The molecular formula is C18H29N3O2. The molecule has 128 valence electrons. The molecule has 23 heavy (non-hydrogen) atoms. The van der Waals surface area contributed by atoms with Gasteiger partial charge >= 0.3 is 6.03 Å². The second-order valence-corrected chi connectivity index (χ2v) is 6.41. The summed E-state index contributed by atoms with van der Waals surface area (Å²) in [6, 6.07) is 8.41. The topological polar surface area (TPSA) is 53.6 Å². The van der Waals surface area contributed by atoms with E-state index in [1.54, 1.807) is 0 Å². The minimum atomic E-state index is -0.0936. The Balaban J connectivity index is 1.68. The molecule has 0 saturated carbocycles. The number of nitrogens with zero attached hydrogens (tertiary/aromatic N) is 1. The van der Waals surface area contributed by atoms with Crippen molar-refractivity contribution in [2.24, 2.45) is 0 Å². The Morgan fingerprint density at radius 3 is 2.91 bits per heavy atom. The maximum Gasteiger partial charge on any atom is 0.315 e. The van der Waals surface area contributed by atoms with Crippen molar-refractivity contribution in [2.75, 3.05) is 26.7 Å². The van der Waals surface area contributed by atoms with Gasteiger partial charge in [0.25, 0.3) is 0 Å². The number of carbonyl (C=O) groups is 1. The smallest absolute Gasteiger partial charge is 0.315 e. The van der Waals surface area contributed by atoms with Crippen LogP contribution in [0.5, 0.6) is 5.75 Å². The molecule has 2 rings (SSSR count). The van der Waals surface area contributed by atoms with E-state index in [1.807, 2.05) is 24.3 Å². The number of amides is 2. The molecule has 0 saturated heterocycles. The van der Waals surface area contributed by atoms with Crippen LogP contribution in [0, 0.1) is 0 Å². The Kier molecular flexibility index (Phi) is 6.71. The molecule has 0 fully saturated rings. The molecule has 1 atom stereocenters. The summed E-state index contributed by atoms with van der Waals surface area (Å²) in [5, 5.41) is 6.01. The molecule has 0 spiro atoms. The Bertz CT molecular complexity index is 505. The van der Waals surface area contributed by atoms with Gasteiger partial charge in [0.05, 0.1) is 12.6 Å². The van der Waals surface area contributed by atoms with Gasteiger partial charge in [-0.3, -0.25) is 0 Å². The van der Waals surface area contributed by atoms with Gasteiger partial charge in [0.2, 0.25) is 0 Å². The van der Waals surface area contributed by atoms with E-state index in [0.29, 0.717) is 19.2 Å². The van der Waals surface area contributed by atoms with E-state index in [1.165, 1.54) is 0 Å². The minimum absolute atomic E-state index is 0.0343. The average molecular weight is 319 g/mol. The summed E-state index contributed by atoms with van der Waals surface area (Å²) >= 11 is 0. The van der Waals surface area contributed by atoms with Crippen LogP contribution in [-0.2, 0) is 0 Å². The van der Waals surface area contributed by atoms with E-state index in [4.69, 9.17) is 4.74 Å². The van der Waals surface area contributed by atoms with Crippen molar-refractivity contribution in [1.29, 1.82) is 0 Å². The number of benzene rings is 1. The second-order valence-electron chi connectivity index (χ2n) is 6.41. The monoisotopic (exact) mass is 319 g/mol. The van der Waals surface area contributed by atoms with E-state index in [2.05, 4.69) is 36.4 Å². The summed E-state index contributed by atoms with van der Waals surface area (Å²) < 4.78 is 5.61. The van der Waals surface area contributed by atoms with Gasteiger partial charge in [0.15, 0.2) is 0 Å². The highest BCUT2D eigenvalue weighted by atomic mass is 16.5. The number of ether oxygens (including phenoxy) is 1. The van der Waals surface area contributed by atoms with Gasteiger partial charge in [-0.15, -0.1) is 0 Å². The molecule has 0 aromatic heterocycles. The predicted octanol–water partition coefficient (Wildman–Crippen LogP) is 2.93. The van der Waals surface area contributed by atoms with E-state index in [-0.39, 0.29) is 12.1 Å². The molecule has 1 heterocycles. The fourth-order valence-electron chi connectivity index (χ4n) is 2.65. The van der Waals surface area contributed by atoms with Crippen LogP contribution in [0.4, 0.5) is 4.79 Å². The lowest BCUT2D eigenvalue weighted by molar-refractivity contribution is 0.222. The number of unbranched alkanes of at least 4 members (excludes halogenated alkanes) is 1. The van der Waals surface area contributed by atoms with Crippen molar-refractivity contribution >= 4 is 6.03 Å². The van der Waals surface area contributed by atoms with Crippen LogP contribution in [0.2, 0.25) is 0 Å². The third-order valence-electron chi connectivity index (χ3n) is 4.37. The number of carbonyl (C=O) groups excluding carboxylic acids is 1. The first-order valence-electron chi connectivity index (χ1n) is 8.54. The molecule has 1 aliphatic heterocycles. The summed E-state index contributed by atoms with van der Waals surface area (Å²) in [5.74, 6) is 0.876. The fraction of sp³-hybridized carbons (Fsp3) is 0.611. The van der Waals surface area contributed by atoms with Crippen molar-refractivity contribution in [3.8, 4) is 5.75 Å². The molecule has 0 aliphatic carbocycles. The third kappa shape index (κ3) is 5.43. The molecule has 0 radical (unpaired) electrons. The van der Waals surface area contributed by atoms with Crippen LogP contribution in [0.3, 0.4) is 0 Å². The number of nitrogens with one attached hydrogen (secondary N) is 2. The highest BCUT2D eigenvalue weighted by Gasteiger charge is 2.22. The lowest BCUT2D eigenvalue weighted by Crippen LogP contribution is -2.40. The van der Waals surface area contributed by atoms with E-state index in [0.717, 1.165) is 37.1 Å². The molecule has 2 N–H and O–H groups in total. The van der Waals surface area contributed by atoms with Gasteiger partial charge in [0, 0.05) is 24.6 Å². The molecule has 0 bridgehead atoms. The summed E-state index contributed by atoms with van der Waals surface area (Å²) in [7, 11) is 2.13. The first kappa shape index (κ1) is 17.6. The normalized spacial score (nSPS) is 16.8. The van der Waals surface area contributed by atoms with Gasteiger partial charge in [-0.05, 0) is 46.3 Å². The Hall–Kier alpha value is -1.75. The van der Waals surface area contributed by atoms with Crippen molar-refractivity contribution < 1.29 is 9.53 Å². The van der Waals surface area contributed by atoms with Crippen molar-refractivity contribution in [3.05, 3.63) is 29.8 Å². The Morgan fingerprint density at radius 1 is 1.35 bits per heavy atom. The number of fused-ring (bicyclic) bond motifs is 1. The highest BCUT2D eigenvalue weighted by Crippen LogP contribution is 2.31. The van der Waals surface area contributed by atoms with Gasteiger partial charge in [-0.25, -0.2) is 4.79 Å². The average Bonchev–Trinajstić information content (AvgIpc) is 2.54. The number of para-hydroxylation sites is 1. The van der Waals surface area contributed by atoms with E-state index in [9.17, 15) is 4.79 Å². The molecular weight excluding hydrogens is 290 g/mol. The predicted molar refractivity (Wildman–Crippen MR) is 92.8 cm³/mol. The van der Waals surface area contributed by atoms with E-state index < -0.39 is 0 Å². The zero-order valence-electron chi connectivity index (χ0n) is 14.5. The van der Waals surface area contributed by atoms with Crippen LogP contribution in [0.1, 0.15) is 44.7 Å².